The molecule has 230 valence electrons. The number of hydrogen-bond donors (Lipinski definition) is 5. The van der Waals surface area contributed by atoms with Gasteiger partial charge in [0.1, 0.15) is 18.3 Å². The summed E-state index contributed by atoms with van der Waals surface area (Å²) in [5.41, 5.74) is 0.489. The third kappa shape index (κ3) is 5.86. The predicted octanol–water partition coefficient (Wildman–Crippen LogP) is 1.11. The van der Waals surface area contributed by atoms with Crippen LogP contribution in [0.4, 0.5) is 5.69 Å². The van der Waals surface area contributed by atoms with Gasteiger partial charge < -0.3 is 30.8 Å². The molecule has 4 fully saturated rings. The number of nitrogens with zero attached hydrogens (tertiary/aromatic N) is 2. The Morgan fingerprint density at radius 2 is 1.82 bits per heavy atom. The zero-order valence-corrected chi connectivity index (χ0v) is 24.3. The molecule has 4 saturated carbocycles. The van der Waals surface area contributed by atoms with E-state index in [0.29, 0.717) is 28.8 Å². The monoisotopic (exact) mass is 601 g/mol. The molecule has 13 nitrogen and oxygen atoms in total. The maximum atomic E-state index is 13.4. The van der Waals surface area contributed by atoms with Gasteiger partial charge >= 0.3 is 0 Å². The van der Waals surface area contributed by atoms with Gasteiger partial charge in [-0.15, -0.1) is 0 Å². The van der Waals surface area contributed by atoms with E-state index in [1.165, 1.54) is 30.3 Å². The molecule has 4 amide bonds. The number of pyridine rings is 1. The molecule has 2 heterocycles. The summed E-state index contributed by atoms with van der Waals surface area (Å²) >= 11 is 0. The number of amides is 4. The highest BCUT2D eigenvalue weighted by atomic mass is 16.2. The van der Waals surface area contributed by atoms with E-state index in [2.05, 4.69) is 31.2 Å². The molecular weight excluding hydrogens is 566 g/mol. The van der Waals surface area contributed by atoms with Gasteiger partial charge in [-0.3, -0.25) is 28.8 Å². The fourth-order valence-electron chi connectivity index (χ4n) is 7.41. The highest BCUT2D eigenvalue weighted by Gasteiger charge is 2.54. The summed E-state index contributed by atoms with van der Waals surface area (Å²) in [6.07, 6.45) is 5.68. The molecule has 0 radical (unpaired) electrons. The standard InChI is InChI=1S/C31H35N7O6/c1-32-29(42)24(39)9-8-22(35-30(43)27-33-20-5-2-3-6-21(20)34-27)28(41)36-23-7-4-10-38(31(23)44)15-25(40)37-26-18-12-16-11-17(14-18)19(26)13-16/h2-7,10,16-19,22,26H,8-9,11-15H2,1H3,(H,32,42)(H,33,34)(H,35,43)(H,36,41)(H,37,40)/t16?,17?,18?,19?,22-,26?/m0/s1. The van der Waals surface area contributed by atoms with Crippen LogP contribution in [0.3, 0.4) is 0 Å². The van der Waals surface area contributed by atoms with E-state index in [-0.39, 0.29) is 42.8 Å². The topological polar surface area (TPSA) is 184 Å². The average molecular weight is 602 g/mol. The number of H-pyrrole nitrogens is 1. The van der Waals surface area contributed by atoms with Crippen molar-refractivity contribution in [1.82, 2.24) is 30.5 Å². The van der Waals surface area contributed by atoms with Gasteiger partial charge in [0.25, 0.3) is 17.4 Å². The molecule has 5 unspecified atom stereocenters. The van der Waals surface area contributed by atoms with Crippen molar-refractivity contribution in [1.29, 1.82) is 0 Å². The van der Waals surface area contributed by atoms with E-state index in [0.717, 1.165) is 25.2 Å². The minimum atomic E-state index is -1.28. The summed E-state index contributed by atoms with van der Waals surface area (Å²) in [7, 11) is 1.32. The number of carbonyl (C=O) groups excluding carboxylic acids is 5. The third-order valence-corrected chi connectivity index (χ3v) is 9.34. The number of para-hydroxylation sites is 2. The Balaban J connectivity index is 1.13. The third-order valence-electron chi connectivity index (χ3n) is 9.34. The highest BCUT2D eigenvalue weighted by molar-refractivity contribution is 6.36. The molecule has 6 atom stereocenters. The quantitative estimate of drug-likeness (QED) is 0.204. The van der Waals surface area contributed by atoms with Crippen molar-refractivity contribution in [2.45, 2.75) is 57.2 Å². The number of likely N-dealkylation sites (N-methyl/N-ethyl adjacent to an activating group) is 1. The molecule has 1 aromatic carbocycles. The molecular formula is C31H35N7O6. The van der Waals surface area contributed by atoms with Crippen LogP contribution in [0.25, 0.3) is 11.0 Å². The van der Waals surface area contributed by atoms with Crippen LogP contribution in [-0.2, 0) is 25.7 Å². The zero-order valence-electron chi connectivity index (χ0n) is 24.3. The molecule has 13 heteroatoms. The average Bonchev–Trinajstić information content (AvgIpc) is 3.65. The van der Waals surface area contributed by atoms with E-state index in [1.807, 2.05) is 0 Å². The van der Waals surface area contributed by atoms with Gasteiger partial charge in [-0.05, 0) is 80.0 Å². The smallest absolute Gasteiger partial charge is 0.287 e. The van der Waals surface area contributed by atoms with Gasteiger partial charge in [0.2, 0.25) is 17.6 Å². The lowest BCUT2D eigenvalue weighted by Crippen LogP contribution is -2.46. The first-order valence-electron chi connectivity index (χ1n) is 15.0. The zero-order chi connectivity index (χ0) is 31.0. The maximum Gasteiger partial charge on any atom is 0.287 e. The molecule has 7 rings (SSSR count). The van der Waals surface area contributed by atoms with Crippen molar-refractivity contribution < 1.29 is 24.0 Å². The SMILES string of the molecule is CNC(=O)C(=O)CC[C@H](NC(=O)c1nc2ccccc2[nH]1)C(=O)Nc1cccn(CC(=O)NC2C3CC4CC(C3)C2C4)c1=O. The number of nitrogens with one attached hydrogen (secondary N) is 5. The molecule has 44 heavy (non-hydrogen) atoms. The number of fused-ring (bicyclic) bond motifs is 1. The predicted molar refractivity (Wildman–Crippen MR) is 159 cm³/mol. The van der Waals surface area contributed by atoms with Crippen molar-refractivity contribution in [2.75, 3.05) is 12.4 Å². The minimum Gasteiger partial charge on any atom is -0.353 e. The fraction of sp³-hybridized carbons (Fsp3) is 0.452. The van der Waals surface area contributed by atoms with Crippen LogP contribution in [0, 0.1) is 23.7 Å². The molecule has 4 bridgehead atoms. The Morgan fingerprint density at radius 1 is 1.02 bits per heavy atom. The van der Waals surface area contributed by atoms with Crippen LogP contribution in [-0.4, -0.2) is 63.1 Å². The number of ketones is 1. The molecule has 0 saturated heterocycles. The second kappa shape index (κ2) is 12.1. The van der Waals surface area contributed by atoms with Gasteiger partial charge in [-0.2, -0.15) is 0 Å². The van der Waals surface area contributed by atoms with Gasteiger partial charge in [0, 0.05) is 25.7 Å². The number of hydrogen-bond acceptors (Lipinski definition) is 7. The van der Waals surface area contributed by atoms with Crippen molar-refractivity contribution in [3.8, 4) is 0 Å². The lowest BCUT2D eigenvalue weighted by atomic mass is 9.79. The number of aromatic amines is 1. The second-order valence-electron chi connectivity index (χ2n) is 12.1. The minimum absolute atomic E-state index is 0.0432. The summed E-state index contributed by atoms with van der Waals surface area (Å²) in [5.74, 6) is -0.848. The number of rotatable bonds is 11. The van der Waals surface area contributed by atoms with E-state index >= 15 is 0 Å². The first-order chi connectivity index (χ1) is 21.2. The van der Waals surface area contributed by atoms with Gasteiger partial charge in [0.05, 0.1) is 11.0 Å². The van der Waals surface area contributed by atoms with Crippen LogP contribution >= 0.6 is 0 Å². The Morgan fingerprint density at radius 3 is 2.59 bits per heavy atom. The van der Waals surface area contributed by atoms with Crippen molar-refractivity contribution in [2.24, 2.45) is 23.7 Å². The summed E-state index contributed by atoms with van der Waals surface area (Å²) in [6, 6.07) is 8.82. The van der Waals surface area contributed by atoms with Crippen molar-refractivity contribution >= 4 is 46.1 Å². The van der Waals surface area contributed by atoms with Crippen molar-refractivity contribution in [3.63, 3.8) is 0 Å². The number of anilines is 1. The summed E-state index contributed by atoms with van der Waals surface area (Å²) < 4.78 is 1.23. The summed E-state index contributed by atoms with van der Waals surface area (Å²) in [6.45, 7) is -0.195. The van der Waals surface area contributed by atoms with E-state index < -0.39 is 35.1 Å². The first kappa shape index (κ1) is 29.3. The number of imidazole rings is 1. The summed E-state index contributed by atoms with van der Waals surface area (Å²) in [4.78, 5) is 83.7. The Kier molecular flexibility index (Phi) is 8.02. The molecule has 0 spiro atoms. The lowest BCUT2D eigenvalue weighted by Gasteiger charge is -2.32. The highest BCUT2D eigenvalue weighted by Crippen LogP contribution is 2.58. The Hall–Kier alpha value is -4.81. The van der Waals surface area contributed by atoms with Gasteiger partial charge in [0.15, 0.2) is 5.82 Å². The number of Topliss-reactive ketones (excluding diaryl/α,β-unsaturated/α-hetero) is 1. The normalized spacial score (nSPS) is 23.7. The van der Waals surface area contributed by atoms with Crippen LogP contribution in [0.5, 0.6) is 0 Å². The summed E-state index contributed by atoms with van der Waals surface area (Å²) in [5, 5.41) is 10.5. The Labute approximate surface area is 252 Å². The molecule has 0 aliphatic heterocycles. The second-order valence-corrected chi connectivity index (χ2v) is 12.1. The lowest BCUT2D eigenvalue weighted by molar-refractivity contribution is -0.137. The number of aromatic nitrogens is 3. The molecule has 5 N–H and O–H groups in total. The fourth-order valence-corrected chi connectivity index (χ4v) is 7.41. The van der Waals surface area contributed by atoms with Gasteiger partial charge in [-0.25, -0.2) is 4.98 Å². The number of carbonyl (C=O) groups is 5. The van der Waals surface area contributed by atoms with E-state index in [4.69, 9.17) is 0 Å². The van der Waals surface area contributed by atoms with Crippen LogP contribution in [0.1, 0.15) is 49.1 Å². The van der Waals surface area contributed by atoms with Gasteiger partial charge in [-0.1, -0.05) is 12.1 Å². The van der Waals surface area contributed by atoms with E-state index in [1.54, 1.807) is 30.3 Å². The van der Waals surface area contributed by atoms with Crippen LogP contribution in [0.15, 0.2) is 47.4 Å². The molecule has 4 aliphatic rings. The van der Waals surface area contributed by atoms with Crippen molar-refractivity contribution in [3.05, 3.63) is 58.8 Å². The van der Waals surface area contributed by atoms with Crippen LogP contribution in [0.2, 0.25) is 0 Å². The molecule has 2 aromatic heterocycles. The molecule has 3 aromatic rings. The first-order valence-corrected chi connectivity index (χ1v) is 15.0. The molecule has 4 aliphatic carbocycles. The largest absolute Gasteiger partial charge is 0.353 e. The maximum absolute atomic E-state index is 13.4. The Bertz CT molecular complexity index is 1660. The van der Waals surface area contributed by atoms with E-state index in [9.17, 15) is 28.8 Å². The number of benzene rings is 1. The van der Waals surface area contributed by atoms with Crippen LogP contribution < -0.4 is 26.8 Å².